The van der Waals surface area contributed by atoms with Gasteiger partial charge in [-0.05, 0) is 29.8 Å². The van der Waals surface area contributed by atoms with Crippen LogP contribution >= 0.6 is 0 Å². The van der Waals surface area contributed by atoms with Gasteiger partial charge in [0.1, 0.15) is 6.61 Å². The standard InChI is InChI=1S/C20H16N2O3/c21-13-17(23)16-9-6-12-22-20(16)25-19-11-5-4-10-18(19)24-14-15-7-2-1-3-8-15/h1-12,17,23H,14H2. The van der Waals surface area contributed by atoms with E-state index in [0.29, 0.717) is 23.7 Å². The van der Waals surface area contributed by atoms with E-state index in [2.05, 4.69) is 4.98 Å². The summed E-state index contributed by atoms with van der Waals surface area (Å²) in [7, 11) is 0. The van der Waals surface area contributed by atoms with Crippen molar-refractivity contribution in [2.75, 3.05) is 0 Å². The summed E-state index contributed by atoms with van der Waals surface area (Å²) in [6, 6.07) is 22.0. The van der Waals surface area contributed by atoms with E-state index in [1.165, 1.54) is 6.20 Å². The molecule has 0 saturated heterocycles. The van der Waals surface area contributed by atoms with Crippen LogP contribution < -0.4 is 9.47 Å². The Morgan fingerprint density at radius 2 is 1.68 bits per heavy atom. The molecule has 5 heteroatoms. The molecule has 2 aromatic carbocycles. The van der Waals surface area contributed by atoms with Crippen LogP contribution in [0.4, 0.5) is 0 Å². The SMILES string of the molecule is N#CC(O)c1cccnc1Oc1ccccc1OCc1ccccc1. The smallest absolute Gasteiger partial charge is 0.226 e. The van der Waals surface area contributed by atoms with E-state index in [0.717, 1.165) is 5.56 Å². The maximum atomic E-state index is 9.80. The van der Waals surface area contributed by atoms with Crippen molar-refractivity contribution >= 4 is 0 Å². The maximum Gasteiger partial charge on any atom is 0.226 e. The Kier molecular flexibility index (Phi) is 5.25. The van der Waals surface area contributed by atoms with E-state index in [1.54, 1.807) is 30.3 Å². The first-order chi connectivity index (χ1) is 12.3. The molecule has 3 rings (SSSR count). The number of nitrogens with zero attached hydrogens (tertiary/aromatic N) is 2. The Labute approximate surface area is 145 Å². The average Bonchev–Trinajstić information content (AvgIpc) is 2.68. The second-order valence-corrected chi connectivity index (χ2v) is 5.25. The molecule has 0 fully saturated rings. The lowest BCUT2D eigenvalue weighted by Crippen LogP contribution is -2.01. The monoisotopic (exact) mass is 332 g/mol. The fourth-order valence-corrected chi connectivity index (χ4v) is 2.26. The van der Waals surface area contributed by atoms with Gasteiger partial charge in [0.2, 0.25) is 5.88 Å². The van der Waals surface area contributed by atoms with Gasteiger partial charge in [-0.15, -0.1) is 0 Å². The topological polar surface area (TPSA) is 75.4 Å². The molecule has 1 aromatic heterocycles. The molecule has 1 atom stereocenters. The molecule has 5 nitrogen and oxygen atoms in total. The van der Waals surface area contributed by atoms with E-state index in [4.69, 9.17) is 14.7 Å². The highest BCUT2D eigenvalue weighted by Crippen LogP contribution is 2.33. The third kappa shape index (κ3) is 4.14. The summed E-state index contributed by atoms with van der Waals surface area (Å²) in [4.78, 5) is 4.11. The van der Waals surface area contributed by atoms with E-state index in [1.807, 2.05) is 42.5 Å². The summed E-state index contributed by atoms with van der Waals surface area (Å²) < 4.78 is 11.6. The summed E-state index contributed by atoms with van der Waals surface area (Å²) in [5.41, 5.74) is 1.35. The zero-order chi connectivity index (χ0) is 17.5. The predicted octanol–water partition coefficient (Wildman–Crippen LogP) is 4.01. The number of aliphatic hydroxyl groups is 1. The number of hydrogen-bond donors (Lipinski definition) is 1. The molecule has 0 aliphatic rings. The summed E-state index contributed by atoms with van der Waals surface area (Å²) in [5, 5.41) is 18.7. The highest BCUT2D eigenvalue weighted by Gasteiger charge is 2.16. The van der Waals surface area contributed by atoms with Crippen LogP contribution in [0.25, 0.3) is 0 Å². The Bertz CT molecular complexity index is 875. The van der Waals surface area contributed by atoms with Gasteiger partial charge in [0, 0.05) is 6.20 Å². The highest BCUT2D eigenvalue weighted by molar-refractivity contribution is 5.43. The molecule has 0 aliphatic carbocycles. The Morgan fingerprint density at radius 1 is 0.960 bits per heavy atom. The van der Waals surface area contributed by atoms with E-state index < -0.39 is 6.10 Å². The summed E-state index contributed by atoms with van der Waals surface area (Å²) >= 11 is 0. The molecule has 25 heavy (non-hydrogen) atoms. The van der Waals surface area contributed by atoms with Crippen molar-refractivity contribution in [2.24, 2.45) is 0 Å². The van der Waals surface area contributed by atoms with Gasteiger partial charge >= 0.3 is 0 Å². The minimum atomic E-state index is -1.30. The number of aromatic nitrogens is 1. The number of benzene rings is 2. The lowest BCUT2D eigenvalue weighted by Gasteiger charge is -2.14. The number of ether oxygens (including phenoxy) is 2. The fraction of sp³-hybridized carbons (Fsp3) is 0.100. The molecule has 1 unspecified atom stereocenters. The first-order valence-electron chi connectivity index (χ1n) is 7.74. The quantitative estimate of drug-likeness (QED) is 0.690. The second kappa shape index (κ2) is 7.95. The fourth-order valence-electron chi connectivity index (χ4n) is 2.26. The number of rotatable bonds is 6. The van der Waals surface area contributed by atoms with Gasteiger partial charge in [0.25, 0.3) is 0 Å². The molecule has 0 saturated carbocycles. The average molecular weight is 332 g/mol. The normalized spacial score (nSPS) is 11.4. The molecule has 1 heterocycles. The first-order valence-corrected chi connectivity index (χ1v) is 7.74. The molecule has 0 spiro atoms. The zero-order valence-electron chi connectivity index (χ0n) is 13.4. The van der Waals surface area contributed by atoms with Crippen LogP contribution in [-0.4, -0.2) is 10.1 Å². The van der Waals surface area contributed by atoms with E-state index in [9.17, 15) is 5.11 Å². The lowest BCUT2D eigenvalue weighted by molar-refractivity contribution is 0.229. The summed E-state index contributed by atoms with van der Waals surface area (Å²) in [6.45, 7) is 0.400. The first kappa shape index (κ1) is 16.5. The molecule has 0 radical (unpaired) electrons. The number of para-hydroxylation sites is 2. The molecular formula is C20H16N2O3. The van der Waals surface area contributed by atoms with Gasteiger partial charge in [0.15, 0.2) is 17.6 Å². The van der Waals surface area contributed by atoms with Crippen LogP contribution in [0, 0.1) is 11.3 Å². The van der Waals surface area contributed by atoms with Crippen molar-refractivity contribution in [3.05, 3.63) is 84.1 Å². The Hall–Kier alpha value is -3.36. The van der Waals surface area contributed by atoms with Crippen LogP contribution in [0.15, 0.2) is 72.9 Å². The van der Waals surface area contributed by atoms with Crippen LogP contribution in [0.3, 0.4) is 0 Å². The van der Waals surface area contributed by atoms with E-state index in [-0.39, 0.29) is 5.88 Å². The molecule has 1 N–H and O–H groups in total. The lowest BCUT2D eigenvalue weighted by atomic mass is 10.2. The van der Waals surface area contributed by atoms with Crippen molar-refractivity contribution in [3.8, 4) is 23.4 Å². The molecule has 0 amide bonds. The van der Waals surface area contributed by atoms with Crippen LogP contribution in [-0.2, 0) is 6.61 Å². The second-order valence-electron chi connectivity index (χ2n) is 5.25. The predicted molar refractivity (Wildman–Crippen MR) is 92.1 cm³/mol. The van der Waals surface area contributed by atoms with Gasteiger partial charge < -0.3 is 14.6 Å². The highest BCUT2D eigenvalue weighted by atomic mass is 16.5. The van der Waals surface area contributed by atoms with Gasteiger partial charge in [-0.3, -0.25) is 0 Å². The Balaban J connectivity index is 1.81. The minimum absolute atomic E-state index is 0.173. The molecule has 0 aliphatic heterocycles. The van der Waals surface area contributed by atoms with Crippen molar-refractivity contribution in [3.63, 3.8) is 0 Å². The molecule has 0 bridgehead atoms. The number of pyridine rings is 1. The zero-order valence-corrected chi connectivity index (χ0v) is 13.4. The van der Waals surface area contributed by atoms with Crippen molar-refractivity contribution in [2.45, 2.75) is 12.7 Å². The minimum Gasteiger partial charge on any atom is -0.485 e. The van der Waals surface area contributed by atoms with Crippen LogP contribution in [0.5, 0.6) is 17.4 Å². The van der Waals surface area contributed by atoms with Gasteiger partial charge in [0.05, 0.1) is 11.6 Å². The summed E-state index contributed by atoms with van der Waals surface area (Å²) in [5.74, 6) is 1.19. The third-order valence-corrected chi connectivity index (χ3v) is 3.51. The number of hydrogen-bond acceptors (Lipinski definition) is 5. The molecule has 3 aromatic rings. The van der Waals surface area contributed by atoms with E-state index >= 15 is 0 Å². The number of aliphatic hydroxyl groups excluding tert-OH is 1. The molecular weight excluding hydrogens is 316 g/mol. The Morgan fingerprint density at radius 3 is 2.44 bits per heavy atom. The van der Waals surface area contributed by atoms with Gasteiger partial charge in [-0.1, -0.05) is 42.5 Å². The summed E-state index contributed by atoms with van der Waals surface area (Å²) in [6.07, 6.45) is 0.234. The van der Waals surface area contributed by atoms with Crippen molar-refractivity contribution in [1.29, 1.82) is 5.26 Å². The molecule has 124 valence electrons. The maximum absolute atomic E-state index is 9.80. The van der Waals surface area contributed by atoms with Crippen LogP contribution in [0.1, 0.15) is 17.2 Å². The third-order valence-electron chi connectivity index (χ3n) is 3.51. The van der Waals surface area contributed by atoms with Gasteiger partial charge in [-0.25, -0.2) is 4.98 Å². The largest absolute Gasteiger partial charge is 0.485 e. The van der Waals surface area contributed by atoms with Crippen LogP contribution in [0.2, 0.25) is 0 Å². The number of nitriles is 1. The van der Waals surface area contributed by atoms with Crippen molar-refractivity contribution < 1.29 is 14.6 Å². The van der Waals surface area contributed by atoms with Crippen molar-refractivity contribution in [1.82, 2.24) is 4.98 Å². The van der Waals surface area contributed by atoms with Gasteiger partial charge in [-0.2, -0.15) is 5.26 Å².